The molecule has 8 heteroatoms. The molecule has 0 saturated carbocycles. The van der Waals surface area contributed by atoms with Crippen molar-refractivity contribution in [2.24, 2.45) is 0 Å². The molecule has 0 radical (unpaired) electrons. The van der Waals surface area contributed by atoms with Crippen molar-refractivity contribution < 1.29 is 13.9 Å². The van der Waals surface area contributed by atoms with Crippen molar-refractivity contribution in [1.29, 1.82) is 0 Å². The molecule has 8 nitrogen and oxygen atoms in total. The maximum Gasteiger partial charge on any atom is 0.232 e. The van der Waals surface area contributed by atoms with Crippen LogP contribution < -0.4 is 4.74 Å². The van der Waals surface area contributed by atoms with E-state index in [9.17, 15) is 4.79 Å². The van der Waals surface area contributed by atoms with E-state index in [0.717, 1.165) is 18.7 Å². The summed E-state index contributed by atoms with van der Waals surface area (Å²) < 4.78 is 13.0. The second-order valence-electron chi connectivity index (χ2n) is 6.12. The molecule has 1 unspecified atom stereocenters. The van der Waals surface area contributed by atoms with E-state index in [2.05, 4.69) is 15.1 Å². The Balaban J connectivity index is 1.51. The molecule has 4 rings (SSSR count). The molecule has 0 aromatic carbocycles. The minimum absolute atomic E-state index is 0.00217. The lowest BCUT2D eigenvalue weighted by molar-refractivity contribution is -0.134. The summed E-state index contributed by atoms with van der Waals surface area (Å²) in [7, 11) is 0. The van der Waals surface area contributed by atoms with Crippen LogP contribution in [0, 0.1) is 0 Å². The van der Waals surface area contributed by atoms with Crippen molar-refractivity contribution in [3.8, 4) is 5.88 Å². The zero-order valence-electron chi connectivity index (χ0n) is 14.2. The number of ether oxygens (including phenoxy) is 1. The lowest BCUT2D eigenvalue weighted by Crippen LogP contribution is -2.43. The van der Waals surface area contributed by atoms with E-state index in [1.54, 1.807) is 37.1 Å². The Morgan fingerprint density at radius 3 is 3.08 bits per heavy atom. The highest BCUT2D eigenvalue weighted by Gasteiger charge is 2.29. The third-order valence-corrected chi connectivity index (χ3v) is 4.44. The summed E-state index contributed by atoms with van der Waals surface area (Å²) in [5.74, 6) is 1.11. The Bertz CT molecular complexity index is 847. The Labute approximate surface area is 150 Å². The van der Waals surface area contributed by atoms with Gasteiger partial charge in [-0.05, 0) is 24.6 Å². The normalized spacial score (nSPS) is 16.8. The standard InChI is InChI=1S/C18H19N5O3/c24-18(10-16-2-1-9-25-16)22-12-14-3-5-21-23(14)8-4-15(22)13-26-17-11-19-6-7-20-17/h1-3,5-7,9,11,15H,4,8,10,12-13H2. The van der Waals surface area contributed by atoms with Crippen LogP contribution in [0.2, 0.25) is 0 Å². The fraction of sp³-hybridized carbons (Fsp3) is 0.333. The number of amides is 1. The number of carbonyl (C=O) groups excluding carboxylic acids is 1. The molecular weight excluding hydrogens is 334 g/mol. The van der Waals surface area contributed by atoms with Crippen LogP contribution in [0.15, 0.2) is 53.7 Å². The first kappa shape index (κ1) is 16.3. The largest absolute Gasteiger partial charge is 0.474 e. The molecule has 0 N–H and O–H groups in total. The average Bonchev–Trinajstić information content (AvgIpc) is 3.30. The van der Waals surface area contributed by atoms with Gasteiger partial charge in [-0.25, -0.2) is 4.98 Å². The van der Waals surface area contributed by atoms with Crippen LogP contribution in [0.3, 0.4) is 0 Å². The van der Waals surface area contributed by atoms with Crippen LogP contribution in [-0.2, 0) is 24.3 Å². The van der Waals surface area contributed by atoms with Crippen molar-refractivity contribution in [2.75, 3.05) is 6.61 Å². The van der Waals surface area contributed by atoms with Gasteiger partial charge in [-0.2, -0.15) is 5.10 Å². The van der Waals surface area contributed by atoms with E-state index in [1.807, 2.05) is 21.7 Å². The van der Waals surface area contributed by atoms with Gasteiger partial charge < -0.3 is 14.1 Å². The molecule has 0 bridgehead atoms. The zero-order valence-corrected chi connectivity index (χ0v) is 14.2. The van der Waals surface area contributed by atoms with E-state index in [4.69, 9.17) is 9.15 Å². The van der Waals surface area contributed by atoms with Gasteiger partial charge in [-0.15, -0.1) is 0 Å². The summed E-state index contributed by atoms with van der Waals surface area (Å²) in [5, 5.41) is 4.34. The van der Waals surface area contributed by atoms with E-state index in [-0.39, 0.29) is 18.4 Å². The molecule has 1 aliphatic rings. The fourth-order valence-electron chi connectivity index (χ4n) is 3.10. The number of carbonyl (C=O) groups is 1. The lowest BCUT2D eigenvalue weighted by Gasteiger charge is -2.29. The number of rotatable bonds is 5. The van der Waals surface area contributed by atoms with Crippen molar-refractivity contribution in [2.45, 2.75) is 32.0 Å². The second kappa shape index (κ2) is 7.38. The number of fused-ring (bicyclic) bond motifs is 1. The monoisotopic (exact) mass is 353 g/mol. The van der Waals surface area contributed by atoms with Gasteiger partial charge in [0.05, 0.1) is 37.2 Å². The molecule has 1 aliphatic heterocycles. The van der Waals surface area contributed by atoms with Crippen LogP contribution in [0.1, 0.15) is 17.9 Å². The molecule has 4 heterocycles. The van der Waals surface area contributed by atoms with Gasteiger partial charge in [0, 0.05) is 25.1 Å². The van der Waals surface area contributed by atoms with Crippen LogP contribution in [-0.4, -0.2) is 43.2 Å². The molecular formula is C18H19N5O3. The number of hydrogen-bond acceptors (Lipinski definition) is 6. The highest BCUT2D eigenvalue weighted by molar-refractivity contribution is 5.78. The molecule has 0 saturated heterocycles. The molecule has 0 spiro atoms. The van der Waals surface area contributed by atoms with Gasteiger partial charge in [-0.1, -0.05) is 0 Å². The van der Waals surface area contributed by atoms with E-state index in [1.165, 1.54) is 0 Å². The summed E-state index contributed by atoms with van der Waals surface area (Å²) in [4.78, 5) is 22.9. The third kappa shape index (κ3) is 3.58. The topological polar surface area (TPSA) is 86.3 Å². The summed E-state index contributed by atoms with van der Waals surface area (Å²) in [6.45, 7) is 1.59. The molecule has 1 amide bonds. The van der Waals surface area contributed by atoms with E-state index < -0.39 is 0 Å². The Hall–Kier alpha value is -3.16. The predicted octanol–water partition coefficient (Wildman–Crippen LogP) is 1.69. The summed E-state index contributed by atoms with van der Waals surface area (Å²) in [6.07, 6.45) is 9.06. The molecule has 0 fully saturated rings. The minimum Gasteiger partial charge on any atom is -0.474 e. The van der Waals surface area contributed by atoms with Gasteiger partial charge in [0.2, 0.25) is 11.8 Å². The first-order valence-electron chi connectivity index (χ1n) is 8.51. The van der Waals surface area contributed by atoms with Gasteiger partial charge in [0.25, 0.3) is 0 Å². The van der Waals surface area contributed by atoms with Gasteiger partial charge >= 0.3 is 0 Å². The molecule has 1 atom stereocenters. The van der Waals surface area contributed by atoms with E-state index in [0.29, 0.717) is 24.8 Å². The minimum atomic E-state index is -0.0823. The number of aryl methyl sites for hydroxylation is 1. The summed E-state index contributed by atoms with van der Waals surface area (Å²) in [5.41, 5.74) is 1.01. The predicted molar refractivity (Wildman–Crippen MR) is 91.1 cm³/mol. The lowest BCUT2D eigenvalue weighted by atomic mass is 10.1. The smallest absolute Gasteiger partial charge is 0.232 e. The average molecular weight is 353 g/mol. The maximum absolute atomic E-state index is 12.9. The highest BCUT2D eigenvalue weighted by Crippen LogP contribution is 2.20. The summed E-state index contributed by atoms with van der Waals surface area (Å²) >= 11 is 0. The molecule has 26 heavy (non-hydrogen) atoms. The van der Waals surface area contributed by atoms with Crippen molar-refractivity contribution in [3.05, 3.63) is 60.7 Å². The number of nitrogens with zero attached hydrogens (tertiary/aromatic N) is 5. The van der Waals surface area contributed by atoms with Crippen LogP contribution >= 0.6 is 0 Å². The van der Waals surface area contributed by atoms with Crippen molar-refractivity contribution in [1.82, 2.24) is 24.6 Å². The Kier molecular flexibility index (Phi) is 4.63. The molecule has 134 valence electrons. The molecule has 3 aromatic rings. The number of furan rings is 1. The van der Waals surface area contributed by atoms with Gasteiger partial charge in [0.1, 0.15) is 12.4 Å². The third-order valence-electron chi connectivity index (χ3n) is 4.44. The first-order chi connectivity index (χ1) is 12.8. The van der Waals surface area contributed by atoms with Crippen molar-refractivity contribution in [3.63, 3.8) is 0 Å². The number of aromatic nitrogens is 4. The first-order valence-corrected chi connectivity index (χ1v) is 8.51. The number of hydrogen-bond donors (Lipinski definition) is 0. The van der Waals surface area contributed by atoms with E-state index >= 15 is 0 Å². The molecule has 3 aromatic heterocycles. The SMILES string of the molecule is O=C(Cc1ccco1)N1Cc2ccnn2CCC1COc1cnccn1. The quantitative estimate of drug-likeness (QED) is 0.694. The summed E-state index contributed by atoms with van der Waals surface area (Å²) in [6, 6.07) is 5.46. The maximum atomic E-state index is 12.9. The fourth-order valence-corrected chi connectivity index (χ4v) is 3.10. The second-order valence-corrected chi connectivity index (χ2v) is 6.12. The van der Waals surface area contributed by atoms with Gasteiger partial charge in [-0.3, -0.25) is 14.5 Å². The Morgan fingerprint density at radius 1 is 1.31 bits per heavy atom. The Morgan fingerprint density at radius 2 is 2.27 bits per heavy atom. The van der Waals surface area contributed by atoms with Gasteiger partial charge in [0.15, 0.2) is 0 Å². The van der Waals surface area contributed by atoms with Crippen LogP contribution in [0.5, 0.6) is 5.88 Å². The van der Waals surface area contributed by atoms with Crippen LogP contribution in [0.25, 0.3) is 0 Å². The van der Waals surface area contributed by atoms with Crippen LogP contribution in [0.4, 0.5) is 0 Å². The zero-order chi connectivity index (χ0) is 17.8. The van der Waals surface area contributed by atoms with Crippen molar-refractivity contribution >= 4 is 5.91 Å². The molecule has 0 aliphatic carbocycles. The highest BCUT2D eigenvalue weighted by atomic mass is 16.5.